The van der Waals surface area contributed by atoms with Gasteiger partial charge >= 0.3 is 0 Å². The molecule has 4 aliphatic rings. The summed E-state index contributed by atoms with van der Waals surface area (Å²) in [6.45, 7) is 3.71. The predicted molar refractivity (Wildman–Crippen MR) is 167 cm³/mol. The van der Waals surface area contributed by atoms with Gasteiger partial charge in [-0.3, -0.25) is 14.5 Å². The Morgan fingerprint density at radius 1 is 1.02 bits per heavy atom. The highest BCUT2D eigenvalue weighted by Gasteiger charge is 2.54. The van der Waals surface area contributed by atoms with Gasteiger partial charge < -0.3 is 14.5 Å². The van der Waals surface area contributed by atoms with E-state index in [9.17, 15) is 13.2 Å². The molecule has 224 valence electrons. The predicted octanol–water partition coefficient (Wildman–Crippen LogP) is 5.28. The van der Waals surface area contributed by atoms with E-state index in [0.717, 1.165) is 78.6 Å². The summed E-state index contributed by atoms with van der Waals surface area (Å²) in [5, 5.41) is 0.608. The number of carbonyl (C=O) groups excluding carboxylic acids is 1. The fraction of sp³-hybridized carbons (Fsp3) is 0.516. The van der Waals surface area contributed by atoms with Gasteiger partial charge in [0.25, 0.3) is 0 Å². The number of hydrogen-bond acceptors (Lipinski definition) is 7. The van der Waals surface area contributed by atoms with Crippen molar-refractivity contribution in [2.45, 2.75) is 68.5 Å². The first-order valence-corrected chi connectivity index (χ1v) is 16.5. The van der Waals surface area contributed by atoms with Gasteiger partial charge in [0.05, 0.1) is 34.7 Å². The number of halogens is 1. The third-order valence-electron chi connectivity index (χ3n) is 9.32. The number of benzene rings is 1. The van der Waals surface area contributed by atoms with Crippen molar-refractivity contribution in [3.05, 3.63) is 42.2 Å². The summed E-state index contributed by atoms with van der Waals surface area (Å²) in [5.74, 6) is 0.458. The molecule has 1 aromatic carbocycles. The Hall–Kier alpha value is -2.95. The van der Waals surface area contributed by atoms with E-state index >= 15 is 0 Å². The van der Waals surface area contributed by atoms with Crippen LogP contribution < -0.4 is 14.4 Å². The van der Waals surface area contributed by atoms with Crippen molar-refractivity contribution < 1.29 is 17.9 Å². The topological polar surface area (TPSA) is 105 Å². The molecule has 3 aromatic rings. The number of piperidine rings is 1. The molecule has 42 heavy (non-hydrogen) atoms. The fourth-order valence-electron chi connectivity index (χ4n) is 6.70. The van der Waals surface area contributed by atoms with E-state index in [1.165, 1.54) is 19.3 Å². The Balaban J connectivity index is 0.00000316. The van der Waals surface area contributed by atoms with Crippen LogP contribution in [0.3, 0.4) is 0 Å². The maximum atomic E-state index is 13.2. The lowest BCUT2D eigenvalue weighted by atomic mass is 9.64. The number of hydrogen-bond donors (Lipinski definition) is 1. The molecule has 0 bridgehead atoms. The van der Waals surface area contributed by atoms with E-state index in [-0.39, 0.29) is 23.6 Å². The number of nitrogens with zero attached hydrogens (tertiary/aromatic N) is 4. The number of anilines is 2. The first kappa shape index (κ1) is 29.1. The van der Waals surface area contributed by atoms with Crippen molar-refractivity contribution in [1.82, 2.24) is 14.9 Å². The Kier molecular flexibility index (Phi) is 7.82. The maximum absolute atomic E-state index is 13.2. The molecule has 2 aromatic heterocycles. The molecule has 3 fully saturated rings. The molecular formula is C31H38ClN5O4S. The van der Waals surface area contributed by atoms with Crippen LogP contribution in [0.4, 0.5) is 11.4 Å². The van der Waals surface area contributed by atoms with Gasteiger partial charge in [-0.2, -0.15) is 0 Å². The van der Waals surface area contributed by atoms with Crippen molar-refractivity contribution in [3.8, 4) is 17.0 Å². The number of aromatic nitrogens is 2. The second kappa shape index (κ2) is 11.3. The first-order chi connectivity index (χ1) is 19.9. The van der Waals surface area contributed by atoms with Crippen LogP contribution in [0.15, 0.2) is 36.7 Å². The van der Waals surface area contributed by atoms with Crippen LogP contribution in [0.1, 0.15) is 63.4 Å². The molecule has 0 atom stereocenters. The van der Waals surface area contributed by atoms with Crippen LogP contribution in [0.5, 0.6) is 5.88 Å². The van der Waals surface area contributed by atoms with Crippen molar-refractivity contribution in [1.29, 1.82) is 0 Å². The van der Waals surface area contributed by atoms with Crippen LogP contribution in [0.25, 0.3) is 22.0 Å². The molecular weight excluding hydrogens is 574 g/mol. The summed E-state index contributed by atoms with van der Waals surface area (Å²) >= 11 is 0. The number of fused-ring (bicyclic) bond motifs is 4. The van der Waals surface area contributed by atoms with Gasteiger partial charge in [0.15, 0.2) is 0 Å². The Morgan fingerprint density at radius 2 is 1.81 bits per heavy atom. The molecule has 1 amide bonds. The number of likely N-dealkylation sites (tertiary alicyclic amines) is 1. The molecule has 2 aliphatic heterocycles. The van der Waals surface area contributed by atoms with Crippen molar-refractivity contribution in [2.24, 2.45) is 0 Å². The molecule has 1 spiro atoms. The lowest BCUT2D eigenvalue weighted by Gasteiger charge is -2.37. The van der Waals surface area contributed by atoms with E-state index in [1.54, 1.807) is 11.1 Å². The average Bonchev–Trinajstić information content (AvgIpc) is 3.79. The molecule has 0 radical (unpaired) electrons. The molecule has 1 saturated heterocycles. The quantitative estimate of drug-likeness (QED) is 0.328. The molecule has 11 heteroatoms. The number of pyridine rings is 2. The zero-order valence-corrected chi connectivity index (χ0v) is 25.6. The van der Waals surface area contributed by atoms with Gasteiger partial charge in [-0.25, -0.2) is 13.4 Å². The number of sulfonamides is 1. The van der Waals surface area contributed by atoms with Crippen LogP contribution in [0, 0.1) is 0 Å². The highest BCUT2D eigenvalue weighted by molar-refractivity contribution is 7.93. The third-order valence-corrected chi connectivity index (χ3v) is 11.2. The molecule has 4 heterocycles. The summed E-state index contributed by atoms with van der Waals surface area (Å²) < 4.78 is 34.7. The number of amides is 1. The number of ether oxygens (including phenoxy) is 1. The zero-order chi connectivity index (χ0) is 28.2. The standard InChI is InChI=1S/C31H37N5O4S.ClH/c1-35-27-20-32-25-10-7-21(17-24(25)28(27)31(30(35)37)11-5-12-31)22-18-26(34-41(38,39)23-8-9-23)29(33-19-22)40-16-6-15-36-13-3-2-4-14-36;/h7,10,17-20,23,34H,2-6,8-9,11-16H2,1H3;1H. The minimum atomic E-state index is -3.51. The smallest absolute Gasteiger partial charge is 0.238 e. The highest BCUT2D eigenvalue weighted by Crippen LogP contribution is 2.55. The summed E-state index contributed by atoms with van der Waals surface area (Å²) in [6, 6.07) is 7.84. The largest absolute Gasteiger partial charge is 0.476 e. The lowest BCUT2D eigenvalue weighted by Crippen LogP contribution is -2.43. The second-order valence-electron chi connectivity index (χ2n) is 12.1. The Bertz CT molecular complexity index is 1620. The van der Waals surface area contributed by atoms with Gasteiger partial charge in [0.2, 0.25) is 21.8 Å². The van der Waals surface area contributed by atoms with Crippen molar-refractivity contribution in [3.63, 3.8) is 0 Å². The van der Waals surface area contributed by atoms with Gasteiger partial charge in [0, 0.05) is 36.3 Å². The van der Waals surface area contributed by atoms with E-state index in [0.29, 0.717) is 31.0 Å². The normalized spacial score (nSPS) is 19.8. The third kappa shape index (κ3) is 5.11. The van der Waals surface area contributed by atoms with Crippen LogP contribution >= 0.6 is 12.4 Å². The number of likely N-dealkylation sites (N-methyl/N-ethyl adjacent to an activating group) is 1. The van der Waals surface area contributed by atoms with Crippen LogP contribution in [-0.4, -0.2) is 67.7 Å². The number of nitrogens with one attached hydrogen (secondary N) is 1. The van der Waals surface area contributed by atoms with Gasteiger partial charge in [-0.05, 0) is 81.8 Å². The van der Waals surface area contributed by atoms with Gasteiger partial charge in [-0.15, -0.1) is 12.4 Å². The molecule has 1 N–H and O–H groups in total. The molecule has 2 aliphatic carbocycles. The minimum absolute atomic E-state index is 0. The summed E-state index contributed by atoms with van der Waals surface area (Å²) in [5.41, 5.74) is 4.37. The SMILES string of the molecule is CN1C(=O)C2(CCC2)c2c1cnc1ccc(-c3cnc(OCCCN4CCCCC4)c(NS(=O)(=O)C4CC4)c3)cc21.Cl. The second-order valence-corrected chi connectivity index (χ2v) is 14.0. The minimum Gasteiger partial charge on any atom is -0.476 e. The van der Waals surface area contributed by atoms with E-state index in [4.69, 9.17) is 4.74 Å². The summed E-state index contributed by atoms with van der Waals surface area (Å²) in [7, 11) is -1.67. The molecule has 0 unspecified atom stereocenters. The van der Waals surface area contributed by atoms with E-state index in [2.05, 4.69) is 25.7 Å². The van der Waals surface area contributed by atoms with Gasteiger partial charge in [-0.1, -0.05) is 18.9 Å². The molecule has 9 nitrogen and oxygen atoms in total. The maximum Gasteiger partial charge on any atom is 0.238 e. The average molecular weight is 612 g/mol. The summed E-state index contributed by atoms with van der Waals surface area (Å²) in [4.78, 5) is 26.7. The summed E-state index contributed by atoms with van der Waals surface area (Å²) in [6.07, 6.45) is 12.3. The van der Waals surface area contributed by atoms with Crippen molar-refractivity contribution >= 4 is 50.6 Å². The van der Waals surface area contributed by atoms with Crippen molar-refractivity contribution in [2.75, 3.05) is 42.9 Å². The van der Waals surface area contributed by atoms with E-state index < -0.39 is 15.4 Å². The van der Waals surface area contributed by atoms with Gasteiger partial charge in [0.1, 0.15) is 5.69 Å². The lowest BCUT2D eigenvalue weighted by molar-refractivity contribution is -0.125. The van der Waals surface area contributed by atoms with E-state index in [1.807, 2.05) is 31.4 Å². The molecule has 2 saturated carbocycles. The monoisotopic (exact) mass is 611 g/mol. The fourth-order valence-corrected chi connectivity index (χ4v) is 8.08. The van der Waals surface area contributed by atoms with Crippen LogP contribution in [0.2, 0.25) is 0 Å². The van der Waals surface area contributed by atoms with Crippen LogP contribution in [-0.2, 0) is 20.2 Å². The number of rotatable bonds is 9. The Labute approximate surface area is 253 Å². The highest BCUT2D eigenvalue weighted by atomic mass is 35.5. The Morgan fingerprint density at radius 3 is 2.52 bits per heavy atom. The zero-order valence-electron chi connectivity index (χ0n) is 24.0. The molecule has 7 rings (SSSR count). The first-order valence-electron chi connectivity index (χ1n) is 14.9. The number of carbonyl (C=O) groups is 1.